The Balaban J connectivity index is 1.45. The third-order valence-corrected chi connectivity index (χ3v) is 7.45. The van der Waals surface area contributed by atoms with Crippen LogP contribution in [-0.2, 0) is 22.4 Å². The van der Waals surface area contributed by atoms with Crippen molar-refractivity contribution >= 4 is 27.8 Å². The molecule has 6 nitrogen and oxygen atoms in total. The minimum atomic E-state index is -0.257. The van der Waals surface area contributed by atoms with Crippen LogP contribution < -0.4 is 0 Å². The highest BCUT2D eigenvalue weighted by atomic mass is 16.5. The standard InChI is InChI=1S/C26H24N4O2/c1-32-26(31)19-14-29-12-10-18-16-7-3-5-9-21(16)28-23(18)25(29)30-13-11-17-15-6-2-4-8-20(15)27-22(17)24(19)30/h2-9,14,24-25,27-28H,10-13H2,1H3/t24-,25-/m1/s1. The molecule has 0 aliphatic carbocycles. The molecule has 2 aromatic heterocycles. The second-order valence-electron chi connectivity index (χ2n) is 8.95. The molecule has 3 aliphatic heterocycles. The fourth-order valence-electron chi connectivity index (χ4n) is 6.12. The number of methoxy groups -OCH3 is 1. The highest BCUT2D eigenvalue weighted by Gasteiger charge is 2.47. The van der Waals surface area contributed by atoms with E-state index in [1.165, 1.54) is 40.2 Å². The van der Waals surface area contributed by atoms with Gasteiger partial charge in [0, 0.05) is 46.8 Å². The Labute approximate surface area is 185 Å². The molecule has 32 heavy (non-hydrogen) atoms. The topological polar surface area (TPSA) is 64.4 Å². The average molecular weight is 425 g/mol. The van der Waals surface area contributed by atoms with Gasteiger partial charge < -0.3 is 19.6 Å². The van der Waals surface area contributed by atoms with Crippen LogP contribution in [0.1, 0.15) is 34.7 Å². The number of hydrogen-bond acceptors (Lipinski definition) is 4. The molecule has 2 aromatic carbocycles. The Bertz CT molecular complexity index is 1430. The van der Waals surface area contributed by atoms with Gasteiger partial charge in [0.1, 0.15) is 6.17 Å². The zero-order valence-corrected chi connectivity index (χ0v) is 17.9. The van der Waals surface area contributed by atoms with Gasteiger partial charge in [-0.15, -0.1) is 0 Å². The van der Waals surface area contributed by atoms with E-state index in [-0.39, 0.29) is 18.2 Å². The molecule has 5 heterocycles. The maximum absolute atomic E-state index is 12.9. The summed E-state index contributed by atoms with van der Waals surface area (Å²) < 4.78 is 5.24. The predicted octanol–water partition coefficient (Wildman–Crippen LogP) is 4.18. The van der Waals surface area contributed by atoms with Crippen LogP contribution in [0, 0.1) is 0 Å². The van der Waals surface area contributed by atoms with Crippen molar-refractivity contribution in [3.63, 3.8) is 0 Å². The number of benzene rings is 2. The number of carbonyl (C=O) groups excluding carboxylic acids is 1. The molecule has 3 aliphatic rings. The Kier molecular flexibility index (Phi) is 3.67. The molecule has 160 valence electrons. The lowest BCUT2D eigenvalue weighted by molar-refractivity contribution is -0.138. The molecule has 6 heteroatoms. The minimum absolute atomic E-state index is 0.0733. The average Bonchev–Trinajstić information content (AvgIpc) is 3.41. The number of carbonyl (C=O) groups is 1. The first kappa shape index (κ1) is 18.1. The van der Waals surface area contributed by atoms with Crippen molar-refractivity contribution in [3.8, 4) is 0 Å². The van der Waals surface area contributed by atoms with Gasteiger partial charge in [-0.2, -0.15) is 0 Å². The van der Waals surface area contributed by atoms with Crippen LogP contribution in [0.3, 0.4) is 0 Å². The Morgan fingerprint density at radius 2 is 1.53 bits per heavy atom. The largest absolute Gasteiger partial charge is 0.466 e. The summed E-state index contributed by atoms with van der Waals surface area (Å²) in [6.07, 6.45) is 4.03. The van der Waals surface area contributed by atoms with Crippen molar-refractivity contribution in [3.05, 3.63) is 82.8 Å². The minimum Gasteiger partial charge on any atom is -0.466 e. The normalized spacial score (nSPS) is 22.2. The van der Waals surface area contributed by atoms with Crippen molar-refractivity contribution < 1.29 is 9.53 Å². The van der Waals surface area contributed by atoms with Crippen LogP contribution in [0.15, 0.2) is 60.3 Å². The number of esters is 1. The molecule has 2 N–H and O–H groups in total. The molecule has 0 amide bonds. The van der Waals surface area contributed by atoms with E-state index in [4.69, 9.17) is 4.74 Å². The van der Waals surface area contributed by atoms with Gasteiger partial charge in [0.25, 0.3) is 0 Å². The van der Waals surface area contributed by atoms with Gasteiger partial charge >= 0.3 is 5.97 Å². The molecule has 0 saturated heterocycles. The van der Waals surface area contributed by atoms with E-state index in [9.17, 15) is 4.79 Å². The van der Waals surface area contributed by atoms with Gasteiger partial charge in [-0.1, -0.05) is 36.4 Å². The quantitative estimate of drug-likeness (QED) is 0.450. The summed E-state index contributed by atoms with van der Waals surface area (Å²) >= 11 is 0. The molecule has 0 spiro atoms. The fourth-order valence-corrected chi connectivity index (χ4v) is 6.12. The van der Waals surface area contributed by atoms with E-state index in [1.807, 2.05) is 6.20 Å². The van der Waals surface area contributed by atoms with Crippen LogP contribution in [-0.4, -0.2) is 45.9 Å². The van der Waals surface area contributed by atoms with Gasteiger partial charge in [0.15, 0.2) is 0 Å². The molecule has 0 saturated carbocycles. The first-order valence-electron chi connectivity index (χ1n) is 11.2. The highest BCUT2D eigenvalue weighted by molar-refractivity contribution is 5.92. The van der Waals surface area contributed by atoms with E-state index in [2.05, 4.69) is 68.3 Å². The number of H-pyrrole nitrogens is 2. The summed E-state index contributed by atoms with van der Waals surface area (Å²) in [7, 11) is 1.47. The maximum atomic E-state index is 12.9. The van der Waals surface area contributed by atoms with Gasteiger partial charge in [0.2, 0.25) is 0 Å². The molecule has 7 rings (SSSR count). The van der Waals surface area contributed by atoms with Crippen LogP contribution in [0.4, 0.5) is 0 Å². The van der Waals surface area contributed by atoms with E-state index < -0.39 is 0 Å². The van der Waals surface area contributed by atoms with Gasteiger partial charge in [0.05, 0.1) is 24.4 Å². The van der Waals surface area contributed by atoms with Gasteiger partial charge in [-0.05, 0) is 36.1 Å². The molecule has 0 fully saturated rings. The number of nitrogens with zero attached hydrogens (tertiary/aromatic N) is 2. The summed E-state index contributed by atoms with van der Waals surface area (Å²) in [4.78, 5) is 25.1. The van der Waals surface area contributed by atoms with Crippen LogP contribution in [0.2, 0.25) is 0 Å². The zero-order chi connectivity index (χ0) is 21.4. The zero-order valence-electron chi connectivity index (χ0n) is 17.9. The van der Waals surface area contributed by atoms with Crippen LogP contribution in [0.25, 0.3) is 21.8 Å². The number of ether oxygens (including phenoxy) is 1. The van der Waals surface area contributed by atoms with Gasteiger partial charge in [-0.25, -0.2) is 4.79 Å². The molecular formula is C26H24N4O2. The molecule has 0 bridgehead atoms. The summed E-state index contributed by atoms with van der Waals surface area (Å²) in [5.74, 6) is -0.257. The Morgan fingerprint density at radius 3 is 2.25 bits per heavy atom. The van der Waals surface area contributed by atoms with Crippen LogP contribution >= 0.6 is 0 Å². The van der Waals surface area contributed by atoms with Crippen molar-refractivity contribution in [2.45, 2.75) is 25.0 Å². The number of rotatable bonds is 1. The monoisotopic (exact) mass is 424 g/mol. The first-order chi connectivity index (χ1) is 15.7. The van der Waals surface area contributed by atoms with E-state index in [0.717, 1.165) is 37.1 Å². The molecule has 4 aromatic rings. The highest BCUT2D eigenvalue weighted by Crippen LogP contribution is 2.49. The number of aromatic amines is 2. The van der Waals surface area contributed by atoms with Crippen molar-refractivity contribution in [2.24, 2.45) is 0 Å². The SMILES string of the molecule is COC(=O)C1=CN2CCc3c([nH]c4ccccc34)[C@H]2N2CCc3c([nH]c4ccccc34)[C@@H]12. The smallest absolute Gasteiger partial charge is 0.337 e. The summed E-state index contributed by atoms with van der Waals surface area (Å²) in [6, 6.07) is 16.8. The number of aromatic nitrogens is 2. The predicted molar refractivity (Wildman–Crippen MR) is 123 cm³/mol. The fraction of sp³-hybridized carbons (Fsp3) is 0.269. The number of para-hydroxylation sites is 2. The van der Waals surface area contributed by atoms with E-state index >= 15 is 0 Å². The van der Waals surface area contributed by atoms with Crippen molar-refractivity contribution in [1.29, 1.82) is 0 Å². The summed E-state index contributed by atoms with van der Waals surface area (Å²) in [6.45, 7) is 1.76. The third-order valence-electron chi connectivity index (χ3n) is 7.45. The van der Waals surface area contributed by atoms with Crippen LogP contribution in [0.5, 0.6) is 0 Å². The molecular weight excluding hydrogens is 400 g/mol. The Hall–Kier alpha value is -3.51. The maximum Gasteiger partial charge on any atom is 0.337 e. The number of fused-ring (bicyclic) bond motifs is 11. The second-order valence-corrected chi connectivity index (χ2v) is 8.95. The molecule has 0 unspecified atom stereocenters. The Morgan fingerprint density at radius 1 is 0.906 bits per heavy atom. The van der Waals surface area contributed by atoms with E-state index in [1.54, 1.807) is 0 Å². The van der Waals surface area contributed by atoms with Crippen molar-refractivity contribution in [2.75, 3.05) is 20.2 Å². The third kappa shape index (κ3) is 2.30. The van der Waals surface area contributed by atoms with Crippen molar-refractivity contribution in [1.82, 2.24) is 19.8 Å². The number of hydrogen-bond donors (Lipinski definition) is 2. The summed E-state index contributed by atoms with van der Waals surface area (Å²) in [5, 5.41) is 2.56. The lowest BCUT2D eigenvalue weighted by atomic mass is 9.88. The molecule has 2 atom stereocenters. The lowest BCUT2D eigenvalue weighted by Gasteiger charge is -2.50. The summed E-state index contributed by atoms with van der Waals surface area (Å²) in [5.41, 5.74) is 8.11. The second kappa shape index (κ2) is 6.50. The molecule has 0 radical (unpaired) electrons. The van der Waals surface area contributed by atoms with Gasteiger partial charge in [-0.3, -0.25) is 4.90 Å². The number of nitrogens with one attached hydrogen (secondary N) is 2. The first-order valence-corrected chi connectivity index (χ1v) is 11.2. The lowest BCUT2D eigenvalue weighted by Crippen LogP contribution is -2.51. The van der Waals surface area contributed by atoms with E-state index in [0.29, 0.717) is 5.57 Å².